The van der Waals surface area contributed by atoms with E-state index in [4.69, 9.17) is 0 Å². The zero-order chi connectivity index (χ0) is 25.9. The van der Waals surface area contributed by atoms with E-state index in [1.54, 1.807) is 6.33 Å². The Bertz CT molecular complexity index is 1590. The average Bonchev–Trinajstić information content (AvgIpc) is 3.40. The zero-order valence-electron chi connectivity index (χ0n) is 20.8. The number of aromatic nitrogens is 2. The van der Waals surface area contributed by atoms with Crippen LogP contribution in [0.15, 0.2) is 104 Å². The number of imidazole rings is 1. The minimum Gasteiger partial charge on any atom is -0.364 e. The van der Waals surface area contributed by atoms with Gasteiger partial charge in [-0.25, -0.2) is 4.98 Å². The molecular weight excluding hydrogens is 474 g/mol. The highest BCUT2D eigenvalue weighted by atomic mass is 16.2. The van der Waals surface area contributed by atoms with E-state index in [1.165, 1.54) is 0 Å². The van der Waals surface area contributed by atoms with Gasteiger partial charge in [-0.05, 0) is 52.7 Å². The van der Waals surface area contributed by atoms with Crippen molar-refractivity contribution < 1.29 is 9.59 Å². The number of benzene rings is 4. The number of anilines is 2. The molecule has 0 unspecified atom stereocenters. The third kappa shape index (κ3) is 4.74. The second-order valence-corrected chi connectivity index (χ2v) is 9.40. The third-order valence-corrected chi connectivity index (χ3v) is 6.93. The lowest BCUT2D eigenvalue weighted by molar-refractivity contribution is 0.0753. The number of para-hydroxylation sites is 1. The first kappa shape index (κ1) is 23.5. The summed E-state index contributed by atoms with van der Waals surface area (Å²) in [5, 5.41) is 4.94. The predicted molar refractivity (Wildman–Crippen MR) is 149 cm³/mol. The van der Waals surface area contributed by atoms with Crippen molar-refractivity contribution in [1.29, 1.82) is 0 Å². The first-order valence-corrected chi connectivity index (χ1v) is 12.6. The van der Waals surface area contributed by atoms with Gasteiger partial charge < -0.3 is 20.1 Å². The molecule has 0 bridgehead atoms. The van der Waals surface area contributed by atoms with E-state index in [0.29, 0.717) is 37.3 Å². The van der Waals surface area contributed by atoms with Crippen LogP contribution in [-0.4, -0.2) is 39.8 Å². The van der Waals surface area contributed by atoms with Crippen LogP contribution in [-0.2, 0) is 13.1 Å². The van der Waals surface area contributed by atoms with Gasteiger partial charge in [0.25, 0.3) is 11.8 Å². The van der Waals surface area contributed by atoms with Crippen molar-refractivity contribution in [3.63, 3.8) is 0 Å². The van der Waals surface area contributed by atoms with Crippen LogP contribution in [0.2, 0.25) is 0 Å². The number of amides is 2. The summed E-state index contributed by atoms with van der Waals surface area (Å²) >= 11 is 0. The van der Waals surface area contributed by atoms with Crippen LogP contribution in [0.25, 0.3) is 10.8 Å². The van der Waals surface area contributed by atoms with E-state index in [1.807, 2.05) is 102 Å². The highest BCUT2D eigenvalue weighted by molar-refractivity contribution is 6.07. The van der Waals surface area contributed by atoms with Gasteiger partial charge in [-0.1, -0.05) is 54.6 Å². The van der Waals surface area contributed by atoms with Crippen LogP contribution in [0.5, 0.6) is 0 Å². The number of rotatable bonds is 5. The fourth-order valence-corrected chi connectivity index (χ4v) is 5.03. The van der Waals surface area contributed by atoms with Gasteiger partial charge in [-0.2, -0.15) is 0 Å². The second kappa shape index (κ2) is 10.2. The molecule has 7 heteroatoms. The molecule has 7 nitrogen and oxygen atoms in total. The van der Waals surface area contributed by atoms with E-state index in [0.717, 1.165) is 33.4 Å². The van der Waals surface area contributed by atoms with Crippen molar-refractivity contribution in [2.24, 2.45) is 0 Å². The Morgan fingerprint density at radius 1 is 0.895 bits per heavy atom. The lowest BCUT2D eigenvalue weighted by atomic mass is 10.0. The Hall–Kier alpha value is -4.91. The van der Waals surface area contributed by atoms with Gasteiger partial charge in [0, 0.05) is 48.3 Å². The number of hydrogen-bond donors (Lipinski definition) is 2. The molecule has 4 aromatic carbocycles. The number of carbonyl (C=O) groups is 2. The number of H-pyrrole nitrogens is 1. The molecular formula is C31H27N5O2. The van der Waals surface area contributed by atoms with Crippen LogP contribution in [0, 0.1) is 0 Å². The topological polar surface area (TPSA) is 81.3 Å². The van der Waals surface area contributed by atoms with Gasteiger partial charge in [-0.3, -0.25) is 9.59 Å². The van der Waals surface area contributed by atoms with Gasteiger partial charge in [-0.15, -0.1) is 0 Å². The minimum absolute atomic E-state index is 0.0199. The molecule has 38 heavy (non-hydrogen) atoms. The van der Waals surface area contributed by atoms with E-state index < -0.39 is 0 Å². The first-order valence-electron chi connectivity index (χ1n) is 12.6. The molecule has 2 N–H and O–H groups in total. The Balaban J connectivity index is 1.34. The number of hydrogen-bond acceptors (Lipinski definition) is 4. The lowest BCUT2D eigenvalue weighted by Crippen LogP contribution is -2.35. The average molecular weight is 502 g/mol. The number of fused-ring (bicyclic) bond motifs is 2. The molecule has 1 aromatic heterocycles. The van der Waals surface area contributed by atoms with Gasteiger partial charge in [0.15, 0.2) is 0 Å². The van der Waals surface area contributed by atoms with Crippen molar-refractivity contribution >= 4 is 34.0 Å². The molecule has 0 saturated heterocycles. The maximum absolute atomic E-state index is 13.9. The van der Waals surface area contributed by atoms with E-state index in [-0.39, 0.29) is 11.8 Å². The van der Waals surface area contributed by atoms with Crippen molar-refractivity contribution in [2.75, 3.05) is 23.3 Å². The molecule has 1 aliphatic rings. The van der Waals surface area contributed by atoms with Gasteiger partial charge in [0.1, 0.15) is 0 Å². The summed E-state index contributed by atoms with van der Waals surface area (Å²) in [6.07, 6.45) is 3.55. The molecule has 0 radical (unpaired) electrons. The van der Waals surface area contributed by atoms with Crippen molar-refractivity contribution in [1.82, 2.24) is 14.9 Å². The molecule has 5 aromatic rings. The van der Waals surface area contributed by atoms with Crippen molar-refractivity contribution in [3.05, 3.63) is 126 Å². The Labute approximate surface area is 220 Å². The molecule has 0 spiro atoms. The van der Waals surface area contributed by atoms with Crippen LogP contribution in [0.1, 0.15) is 32.0 Å². The maximum Gasteiger partial charge on any atom is 0.255 e. The number of carbonyl (C=O) groups excluding carboxylic acids is 2. The quantitative estimate of drug-likeness (QED) is 0.334. The molecule has 1 aliphatic heterocycles. The number of nitrogens with zero attached hydrogens (tertiary/aromatic N) is 3. The molecule has 2 amide bonds. The highest BCUT2D eigenvalue weighted by Gasteiger charge is 2.26. The highest BCUT2D eigenvalue weighted by Crippen LogP contribution is 2.30. The SMILES string of the molecule is O=C(Nc1ccccc1)c1ccc2c(c1)CN(C(=O)c1cccc3ccccc13)CCN2Cc1c[nH]cn1. The molecule has 2 heterocycles. The summed E-state index contributed by atoms with van der Waals surface area (Å²) in [7, 11) is 0. The summed E-state index contributed by atoms with van der Waals surface area (Å²) < 4.78 is 0. The Kier molecular flexibility index (Phi) is 6.32. The molecule has 0 aliphatic carbocycles. The fourth-order valence-electron chi connectivity index (χ4n) is 5.03. The molecule has 188 valence electrons. The first-order chi connectivity index (χ1) is 18.7. The zero-order valence-corrected chi connectivity index (χ0v) is 20.8. The van der Waals surface area contributed by atoms with Gasteiger partial charge in [0.2, 0.25) is 0 Å². The van der Waals surface area contributed by atoms with Crippen LogP contribution >= 0.6 is 0 Å². The fraction of sp³-hybridized carbons (Fsp3) is 0.129. The maximum atomic E-state index is 13.9. The largest absolute Gasteiger partial charge is 0.364 e. The normalized spacial score (nSPS) is 13.2. The number of nitrogens with one attached hydrogen (secondary N) is 2. The van der Waals surface area contributed by atoms with E-state index >= 15 is 0 Å². The second-order valence-electron chi connectivity index (χ2n) is 9.40. The van der Waals surface area contributed by atoms with Gasteiger partial charge in [0.05, 0.1) is 18.6 Å². The summed E-state index contributed by atoms with van der Waals surface area (Å²) in [4.78, 5) is 38.5. The van der Waals surface area contributed by atoms with E-state index in [9.17, 15) is 9.59 Å². The van der Waals surface area contributed by atoms with Crippen molar-refractivity contribution in [3.8, 4) is 0 Å². The summed E-state index contributed by atoms with van der Waals surface area (Å²) in [5.41, 5.74) is 4.80. The standard InChI is InChI=1S/C31H27N5O2/c37-30(34-25-9-2-1-3-10-25)23-13-14-29-24(17-23)19-36(16-15-35(29)20-26-18-32-21-33-26)31(38)28-12-6-8-22-7-4-5-11-27(22)28/h1-14,17-18,21H,15-16,19-20H2,(H,32,33)(H,34,37). The van der Waals surface area contributed by atoms with Crippen molar-refractivity contribution in [2.45, 2.75) is 13.1 Å². The van der Waals surface area contributed by atoms with E-state index in [2.05, 4.69) is 20.2 Å². The van der Waals surface area contributed by atoms with Crippen LogP contribution < -0.4 is 10.2 Å². The summed E-state index contributed by atoms with van der Waals surface area (Å²) in [6, 6.07) is 28.9. The summed E-state index contributed by atoms with van der Waals surface area (Å²) in [5.74, 6) is -0.206. The molecule has 6 rings (SSSR count). The number of aromatic amines is 1. The summed E-state index contributed by atoms with van der Waals surface area (Å²) in [6.45, 7) is 2.20. The Morgan fingerprint density at radius 2 is 1.71 bits per heavy atom. The molecule has 0 saturated carbocycles. The monoisotopic (exact) mass is 501 g/mol. The molecule has 0 atom stereocenters. The minimum atomic E-state index is -0.186. The van der Waals surface area contributed by atoms with Crippen LogP contribution in [0.4, 0.5) is 11.4 Å². The van der Waals surface area contributed by atoms with Gasteiger partial charge >= 0.3 is 0 Å². The predicted octanol–water partition coefficient (Wildman–Crippen LogP) is 5.48. The molecule has 0 fully saturated rings. The third-order valence-electron chi connectivity index (χ3n) is 6.93. The Morgan fingerprint density at radius 3 is 2.55 bits per heavy atom. The van der Waals surface area contributed by atoms with Crippen LogP contribution in [0.3, 0.4) is 0 Å². The lowest BCUT2D eigenvalue weighted by Gasteiger charge is -2.24. The smallest absolute Gasteiger partial charge is 0.255 e.